The van der Waals surface area contributed by atoms with Gasteiger partial charge < -0.3 is 15.3 Å². The summed E-state index contributed by atoms with van der Waals surface area (Å²) in [6.45, 7) is 2.02. The highest BCUT2D eigenvalue weighted by molar-refractivity contribution is 6.01. The number of nitrogens with zero attached hydrogens (tertiary/aromatic N) is 3. The Morgan fingerprint density at radius 3 is 2.30 bits per heavy atom. The third-order valence-electron chi connectivity index (χ3n) is 4.72. The van der Waals surface area contributed by atoms with Crippen LogP contribution in [-0.2, 0) is 0 Å². The molecule has 2 N–H and O–H groups in total. The lowest BCUT2D eigenvalue weighted by atomic mass is 10.2. The summed E-state index contributed by atoms with van der Waals surface area (Å²) >= 11 is 0. The van der Waals surface area contributed by atoms with E-state index in [-0.39, 0.29) is 23.6 Å². The first-order chi connectivity index (χ1) is 14.5. The summed E-state index contributed by atoms with van der Waals surface area (Å²) < 4.78 is 40.1. The van der Waals surface area contributed by atoms with Crippen LogP contribution in [0.25, 0.3) is 5.52 Å². The lowest BCUT2D eigenvalue weighted by molar-refractivity contribution is 0.0952. The van der Waals surface area contributed by atoms with Crippen molar-refractivity contribution in [3.05, 3.63) is 65.7 Å². The highest BCUT2D eigenvalue weighted by Crippen LogP contribution is 2.27. The molecule has 1 aliphatic rings. The number of aliphatic hydroxyl groups excluding tert-OH is 1. The van der Waals surface area contributed by atoms with Crippen LogP contribution in [0.15, 0.2) is 42.7 Å². The molecule has 0 spiro atoms. The first-order valence-electron chi connectivity index (χ1n) is 9.72. The van der Waals surface area contributed by atoms with E-state index in [4.69, 9.17) is 5.11 Å². The van der Waals surface area contributed by atoms with Gasteiger partial charge in [0.05, 0.1) is 17.4 Å². The Labute approximate surface area is 171 Å². The number of hydrogen-bond donors (Lipinski definition) is 2. The number of rotatable bonds is 5. The molecule has 0 saturated carbocycles. The molecule has 0 unspecified atom stereocenters. The molecule has 160 valence electrons. The van der Waals surface area contributed by atoms with Gasteiger partial charge in [-0.2, -0.15) is 5.10 Å². The predicted octanol–water partition coefficient (Wildman–Crippen LogP) is 3.15. The summed E-state index contributed by atoms with van der Waals surface area (Å²) in [5.74, 6) is -1.60. The number of carbonyl (C=O) groups excluding carboxylic acids is 1. The molecule has 3 heterocycles. The second-order valence-corrected chi connectivity index (χ2v) is 6.83. The van der Waals surface area contributed by atoms with Crippen molar-refractivity contribution in [3.63, 3.8) is 0 Å². The Bertz CT molecular complexity index is 965. The SMILES string of the molecule is Fc1ccc(F)cc1.O=C(NCCCO)c1cnn2ccc(N3CCCC3)c(F)c12. The molecule has 1 amide bonds. The van der Waals surface area contributed by atoms with Gasteiger partial charge >= 0.3 is 0 Å². The minimum atomic E-state index is -0.411. The number of aliphatic hydroxyl groups is 1. The van der Waals surface area contributed by atoms with Crippen molar-refractivity contribution in [1.82, 2.24) is 14.9 Å². The number of carbonyl (C=O) groups is 1. The molecule has 1 saturated heterocycles. The molecule has 1 fully saturated rings. The van der Waals surface area contributed by atoms with E-state index < -0.39 is 17.5 Å². The molecule has 30 heavy (non-hydrogen) atoms. The van der Waals surface area contributed by atoms with E-state index in [0.29, 0.717) is 18.7 Å². The summed E-state index contributed by atoms with van der Waals surface area (Å²) in [5, 5.41) is 15.5. The number of benzene rings is 1. The van der Waals surface area contributed by atoms with Crippen LogP contribution in [-0.4, -0.2) is 46.9 Å². The van der Waals surface area contributed by atoms with Gasteiger partial charge in [-0.05, 0) is 49.6 Å². The first kappa shape index (κ1) is 21.6. The summed E-state index contributed by atoms with van der Waals surface area (Å²) in [6.07, 6.45) is 5.63. The van der Waals surface area contributed by atoms with Crippen LogP contribution >= 0.6 is 0 Å². The summed E-state index contributed by atoms with van der Waals surface area (Å²) in [5.41, 5.74) is 0.942. The minimum absolute atomic E-state index is 0.00249. The van der Waals surface area contributed by atoms with E-state index in [1.807, 2.05) is 4.90 Å². The Balaban J connectivity index is 0.000000269. The highest BCUT2D eigenvalue weighted by Gasteiger charge is 2.22. The van der Waals surface area contributed by atoms with Crippen LogP contribution in [0.2, 0.25) is 0 Å². The molecular weight excluding hydrogens is 397 g/mol. The number of pyridine rings is 1. The largest absolute Gasteiger partial charge is 0.396 e. The van der Waals surface area contributed by atoms with E-state index in [1.54, 1.807) is 12.3 Å². The van der Waals surface area contributed by atoms with Crippen molar-refractivity contribution < 1.29 is 23.1 Å². The average molecular weight is 420 g/mol. The zero-order valence-corrected chi connectivity index (χ0v) is 16.3. The van der Waals surface area contributed by atoms with Gasteiger partial charge in [0, 0.05) is 32.4 Å². The second-order valence-electron chi connectivity index (χ2n) is 6.83. The summed E-state index contributed by atoms with van der Waals surface area (Å²) in [4.78, 5) is 14.1. The monoisotopic (exact) mass is 420 g/mol. The van der Waals surface area contributed by atoms with Crippen LogP contribution in [0, 0.1) is 17.5 Å². The fourth-order valence-corrected chi connectivity index (χ4v) is 3.20. The second kappa shape index (κ2) is 10.1. The van der Waals surface area contributed by atoms with Gasteiger partial charge in [-0.3, -0.25) is 4.79 Å². The molecule has 9 heteroatoms. The number of hydrogen-bond acceptors (Lipinski definition) is 4. The molecule has 2 aromatic heterocycles. The Kier molecular flexibility index (Phi) is 7.29. The van der Waals surface area contributed by atoms with E-state index in [1.165, 1.54) is 10.7 Å². The summed E-state index contributed by atoms with van der Waals surface area (Å²) in [7, 11) is 0. The van der Waals surface area contributed by atoms with Gasteiger partial charge in [0.2, 0.25) is 0 Å². The zero-order valence-electron chi connectivity index (χ0n) is 16.3. The Morgan fingerprint density at radius 1 is 1.07 bits per heavy atom. The molecular formula is C21H23F3N4O2. The van der Waals surface area contributed by atoms with Gasteiger partial charge in [-0.25, -0.2) is 17.7 Å². The van der Waals surface area contributed by atoms with Gasteiger partial charge in [-0.1, -0.05) is 0 Å². The van der Waals surface area contributed by atoms with Crippen molar-refractivity contribution in [2.24, 2.45) is 0 Å². The van der Waals surface area contributed by atoms with Gasteiger partial charge in [-0.15, -0.1) is 0 Å². The van der Waals surface area contributed by atoms with E-state index in [9.17, 15) is 18.0 Å². The molecule has 4 rings (SSSR count). The van der Waals surface area contributed by atoms with E-state index >= 15 is 0 Å². The van der Waals surface area contributed by atoms with Crippen LogP contribution < -0.4 is 10.2 Å². The number of halogens is 3. The van der Waals surface area contributed by atoms with Crippen LogP contribution in [0.5, 0.6) is 0 Å². The molecule has 0 bridgehead atoms. The fraction of sp³-hybridized carbons (Fsp3) is 0.333. The van der Waals surface area contributed by atoms with Crippen molar-refractivity contribution >= 4 is 17.1 Å². The lowest BCUT2D eigenvalue weighted by Gasteiger charge is -2.18. The molecule has 0 radical (unpaired) electrons. The van der Waals surface area contributed by atoms with E-state index in [0.717, 1.165) is 50.2 Å². The smallest absolute Gasteiger partial charge is 0.255 e. The third-order valence-corrected chi connectivity index (χ3v) is 4.72. The Morgan fingerprint density at radius 2 is 1.70 bits per heavy atom. The van der Waals surface area contributed by atoms with Crippen molar-refractivity contribution in [3.8, 4) is 0 Å². The third kappa shape index (κ3) is 5.10. The summed E-state index contributed by atoms with van der Waals surface area (Å²) in [6, 6.07) is 6.02. The van der Waals surface area contributed by atoms with E-state index in [2.05, 4.69) is 10.4 Å². The molecule has 1 aromatic carbocycles. The molecule has 3 aromatic rings. The Hall–Kier alpha value is -3.07. The maximum atomic E-state index is 14.8. The molecule has 6 nitrogen and oxygen atoms in total. The maximum Gasteiger partial charge on any atom is 0.255 e. The number of nitrogens with one attached hydrogen (secondary N) is 1. The van der Waals surface area contributed by atoms with Crippen molar-refractivity contribution in [1.29, 1.82) is 0 Å². The molecule has 0 atom stereocenters. The lowest BCUT2D eigenvalue weighted by Crippen LogP contribution is -2.25. The van der Waals surface area contributed by atoms with Crippen LogP contribution in [0.4, 0.5) is 18.9 Å². The van der Waals surface area contributed by atoms with Crippen molar-refractivity contribution in [2.45, 2.75) is 19.3 Å². The zero-order chi connectivity index (χ0) is 21.5. The fourth-order valence-electron chi connectivity index (χ4n) is 3.20. The minimum Gasteiger partial charge on any atom is -0.396 e. The number of aromatic nitrogens is 2. The average Bonchev–Trinajstić information content (AvgIpc) is 3.41. The predicted molar refractivity (Wildman–Crippen MR) is 107 cm³/mol. The van der Waals surface area contributed by atoms with Crippen LogP contribution in [0.3, 0.4) is 0 Å². The van der Waals surface area contributed by atoms with Gasteiger partial charge in [0.15, 0.2) is 5.82 Å². The topological polar surface area (TPSA) is 69.9 Å². The van der Waals surface area contributed by atoms with Crippen molar-refractivity contribution in [2.75, 3.05) is 31.1 Å². The number of anilines is 1. The highest BCUT2D eigenvalue weighted by atomic mass is 19.1. The molecule has 0 aliphatic carbocycles. The standard InChI is InChI=1S/C15H19FN4O2.C6H4F2/c16-13-12(19-6-1-2-7-19)4-8-20-14(13)11(10-18-20)15(22)17-5-3-9-21;7-5-1-2-6(8)4-3-5/h4,8,10,21H,1-3,5-7,9H2,(H,17,22);1-4H. The quantitative estimate of drug-likeness (QED) is 0.623. The number of amides is 1. The number of fused-ring (bicyclic) bond motifs is 1. The maximum absolute atomic E-state index is 14.8. The van der Waals surface area contributed by atoms with Gasteiger partial charge in [0.1, 0.15) is 17.2 Å². The van der Waals surface area contributed by atoms with Gasteiger partial charge in [0.25, 0.3) is 5.91 Å². The first-order valence-corrected chi connectivity index (χ1v) is 9.72. The van der Waals surface area contributed by atoms with Crippen LogP contribution in [0.1, 0.15) is 29.6 Å². The normalized spacial score (nSPS) is 13.3. The molecule has 1 aliphatic heterocycles.